The van der Waals surface area contributed by atoms with Crippen LogP contribution in [0, 0.1) is 6.92 Å². The van der Waals surface area contributed by atoms with E-state index in [1.54, 1.807) is 25.2 Å². The van der Waals surface area contributed by atoms with Crippen LogP contribution in [0.3, 0.4) is 0 Å². The summed E-state index contributed by atoms with van der Waals surface area (Å²) in [5.41, 5.74) is 2.40. The van der Waals surface area contributed by atoms with Crippen LogP contribution >= 0.6 is 23.2 Å². The largest absolute Gasteiger partial charge is 0.336 e. The Kier molecular flexibility index (Phi) is 6.23. The number of carbonyl (C=O) groups is 2. The Balaban J connectivity index is 1.93. The predicted octanol–water partition coefficient (Wildman–Crippen LogP) is 3.94. The molecule has 2 aromatic carbocycles. The second-order valence-electron chi connectivity index (χ2n) is 5.56. The van der Waals surface area contributed by atoms with Gasteiger partial charge in [-0.1, -0.05) is 59.1 Å². The molecular weight excluding hydrogens is 347 g/mol. The van der Waals surface area contributed by atoms with E-state index in [9.17, 15) is 9.59 Å². The molecule has 2 aromatic rings. The van der Waals surface area contributed by atoms with Gasteiger partial charge < -0.3 is 10.2 Å². The van der Waals surface area contributed by atoms with Crippen LogP contribution in [0.4, 0.5) is 5.69 Å². The lowest BCUT2D eigenvalue weighted by Crippen LogP contribution is -2.35. The molecule has 126 valence electrons. The number of halogens is 2. The molecule has 0 spiro atoms. The first-order chi connectivity index (χ1) is 11.4. The average Bonchev–Trinajstić information content (AvgIpc) is 2.53. The van der Waals surface area contributed by atoms with Gasteiger partial charge in [-0.2, -0.15) is 0 Å². The lowest BCUT2D eigenvalue weighted by Gasteiger charge is -2.17. The molecule has 0 aromatic heterocycles. The SMILES string of the molecule is Cc1ccc(CC(=O)N(C)CC(=O)Nc2c(Cl)cccc2Cl)cc1. The van der Waals surface area contributed by atoms with Crippen LogP contribution in [0.2, 0.25) is 10.0 Å². The van der Waals surface area contributed by atoms with Crippen molar-refractivity contribution in [3.05, 3.63) is 63.6 Å². The Labute approximate surface area is 151 Å². The fourth-order valence-electron chi connectivity index (χ4n) is 2.12. The molecule has 1 N–H and O–H groups in total. The number of nitrogens with one attached hydrogen (secondary N) is 1. The molecule has 2 rings (SSSR count). The molecule has 24 heavy (non-hydrogen) atoms. The number of hydrogen-bond donors (Lipinski definition) is 1. The van der Waals surface area contributed by atoms with E-state index >= 15 is 0 Å². The van der Waals surface area contributed by atoms with Crippen molar-refractivity contribution in [1.29, 1.82) is 0 Å². The molecule has 0 saturated carbocycles. The summed E-state index contributed by atoms with van der Waals surface area (Å²) >= 11 is 12.0. The van der Waals surface area contributed by atoms with Gasteiger partial charge >= 0.3 is 0 Å². The van der Waals surface area contributed by atoms with E-state index < -0.39 is 0 Å². The molecule has 0 unspecified atom stereocenters. The van der Waals surface area contributed by atoms with Crippen molar-refractivity contribution >= 4 is 40.7 Å². The van der Waals surface area contributed by atoms with E-state index in [2.05, 4.69) is 5.32 Å². The maximum atomic E-state index is 12.2. The smallest absolute Gasteiger partial charge is 0.244 e. The van der Waals surface area contributed by atoms with Crippen molar-refractivity contribution in [3.8, 4) is 0 Å². The third-order valence-corrected chi connectivity index (χ3v) is 4.14. The Hall–Kier alpha value is -2.04. The second kappa shape index (κ2) is 8.18. The molecule has 0 fully saturated rings. The van der Waals surface area contributed by atoms with Crippen molar-refractivity contribution in [2.24, 2.45) is 0 Å². The summed E-state index contributed by atoms with van der Waals surface area (Å²) < 4.78 is 0. The van der Waals surface area contributed by atoms with E-state index in [0.29, 0.717) is 15.7 Å². The van der Waals surface area contributed by atoms with Crippen molar-refractivity contribution in [2.45, 2.75) is 13.3 Å². The second-order valence-corrected chi connectivity index (χ2v) is 6.37. The van der Waals surface area contributed by atoms with Gasteiger partial charge in [-0.3, -0.25) is 9.59 Å². The Morgan fingerprint density at radius 1 is 1.04 bits per heavy atom. The average molecular weight is 365 g/mol. The van der Waals surface area contributed by atoms with Gasteiger partial charge in [-0.05, 0) is 24.6 Å². The number of likely N-dealkylation sites (N-methyl/N-ethyl adjacent to an activating group) is 1. The van der Waals surface area contributed by atoms with E-state index in [1.807, 2.05) is 31.2 Å². The van der Waals surface area contributed by atoms with Crippen LogP contribution in [0.15, 0.2) is 42.5 Å². The van der Waals surface area contributed by atoms with E-state index in [4.69, 9.17) is 23.2 Å². The zero-order chi connectivity index (χ0) is 17.7. The third-order valence-electron chi connectivity index (χ3n) is 3.51. The minimum atomic E-state index is -0.357. The maximum absolute atomic E-state index is 12.2. The van der Waals surface area contributed by atoms with Gasteiger partial charge in [0.25, 0.3) is 0 Å². The summed E-state index contributed by atoms with van der Waals surface area (Å²) in [6.07, 6.45) is 0.247. The number of benzene rings is 2. The normalized spacial score (nSPS) is 10.3. The molecule has 0 atom stereocenters. The monoisotopic (exact) mass is 364 g/mol. The predicted molar refractivity (Wildman–Crippen MR) is 97.6 cm³/mol. The van der Waals surface area contributed by atoms with Crippen LogP contribution in [-0.4, -0.2) is 30.3 Å². The van der Waals surface area contributed by atoms with E-state index in [-0.39, 0.29) is 24.8 Å². The molecule has 0 aliphatic rings. The highest BCUT2D eigenvalue weighted by Gasteiger charge is 2.15. The minimum Gasteiger partial charge on any atom is -0.336 e. The zero-order valence-corrected chi connectivity index (χ0v) is 15.0. The number of rotatable bonds is 5. The molecule has 0 aliphatic carbocycles. The van der Waals surface area contributed by atoms with Gasteiger partial charge in [0, 0.05) is 7.05 Å². The van der Waals surface area contributed by atoms with Gasteiger partial charge in [0.15, 0.2) is 0 Å². The Morgan fingerprint density at radius 2 is 1.62 bits per heavy atom. The van der Waals surface area contributed by atoms with Gasteiger partial charge in [-0.25, -0.2) is 0 Å². The highest BCUT2D eigenvalue weighted by Crippen LogP contribution is 2.29. The lowest BCUT2D eigenvalue weighted by atomic mass is 10.1. The van der Waals surface area contributed by atoms with Gasteiger partial charge in [0.1, 0.15) is 0 Å². The fraction of sp³-hybridized carbons (Fsp3) is 0.222. The van der Waals surface area contributed by atoms with Crippen molar-refractivity contribution in [1.82, 2.24) is 4.90 Å². The van der Waals surface area contributed by atoms with Crippen LogP contribution in [0.5, 0.6) is 0 Å². The molecule has 0 aliphatic heterocycles. The highest BCUT2D eigenvalue weighted by atomic mass is 35.5. The quantitative estimate of drug-likeness (QED) is 0.873. The van der Waals surface area contributed by atoms with Crippen LogP contribution < -0.4 is 5.32 Å². The van der Waals surface area contributed by atoms with E-state index in [0.717, 1.165) is 11.1 Å². The number of hydrogen-bond acceptors (Lipinski definition) is 2. The number of aryl methyl sites for hydroxylation is 1. The Bertz CT molecular complexity index is 725. The maximum Gasteiger partial charge on any atom is 0.244 e. The number of carbonyl (C=O) groups excluding carboxylic acids is 2. The molecule has 4 nitrogen and oxygen atoms in total. The number of nitrogens with zero attached hydrogens (tertiary/aromatic N) is 1. The van der Waals surface area contributed by atoms with Crippen molar-refractivity contribution < 1.29 is 9.59 Å². The standard InChI is InChI=1S/C18H18Cl2N2O2/c1-12-6-8-13(9-7-12)10-17(24)22(2)11-16(23)21-18-14(19)4-3-5-15(18)20/h3-9H,10-11H2,1-2H3,(H,21,23). The molecule has 0 saturated heterocycles. The van der Waals surface area contributed by atoms with E-state index in [1.165, 1.54) is 4.90 Å². The number of amides is 2. The summed E-state index contributed by atoms with van der Waals surface area (Å²) in [6, 6.07) is 12.7. The molecule has 6 heteroatoms. The molecule has 0 radical (unpaired) electrons. The minimum absolute atomic E-state index is 0.0771. The Morgan fingerprint density at radius 3 is 2.21 bits per heavy atom. The van der Waals surface area contributed by atoms with Crippen molar-refractivity contribution in [3.63, 3.8) is 0 Å². The number of para-hydroxylation sites is 1. The van der Waals surface area contributed by atoms with Gasteiger partial charge in [0.05, 0.1) is 28.7 Å². The topological polar surface area (TPSA) is 49.4 Å². The first-order valence-electron chi connectivity index (χ1n) is 7.40. The third kappa shape index (κ3) is 4.98. The van der Waals surface area contributed by atoms with Crippen LogP contribution in [0.1, 0.15) is 11.1 Å². The summed E-state index contributed by atoms with van der Waals surface area (Å²) in [6.45, 7) is 1.91. The highest BCUT2D eigenvalue weighted by molar-refractivity contribution is 6.39. The lowest BCUT2D eigenvalue weighted by molar-refractivity contribution is -0.132. The molecule has 0 bridgehead atoms. The van der Waals surface area contributed by atoms with Crippen molar-refractivity contribution in [2.75, 3.05) is 18.9 Å². The van der Waals surface area contributed by atoms with Gasteiger partial charge in [-0.15, -0.1) is 0 Å². The number of anilines is 1. The van der Waals surface area contributed by atoms with Gasteiger partial charge in [0.2, 0.25) is 11.8 Å². The summed E-state index contributed by atoms with van der Waals surface area (Å²) in [7, 11) is 1.59. The zero-order valence-electron chi connectivity index (χ0n) is 13.5. The molecule has 2 amide bonds. The van der Waals surface area contributed by atoms with Crippen LogP contribution in [-0.2, 0) is 16.0 Å². The fourth-order valence-corrected chi connectivity index (χ4v) is 2.61. The summed E-state index contributed by atoms with van der Waals surface area (Å²) in [4.78, 5) is 25.7. The summed E-state index contributed by atoms with van der Waals surface area (Å²) in [5, 5.41) is 3.34. The first kappa shape index (κ1) is 18.3. The summed E-state index contributed by atoms with van der Waals surface area (Å²) in [5.74, 6) is -0.496. The molecular formula is C18H18Cl2N2O2. The van der Waals surface area contributed by atoms with Crippen LogP contribution in [0.25, 0.3) is 0 Å². The first-order valence-corrected chi connectivity index (χ1v) is 8.16. The molecule has 0 heterocycles.